The van der Waals surface area contributed by atoms with E-state index in [1.165, 1.54) is 6.92 Å². The molecule has 1 rings (SSSR count). The third kappa shape index (κ3) is 4.72. The molecular formula is C13H15N3O2S. The van der Waals surface area contributed by atoms with Gasteiger partial charge in [0.25, 0.3) is 0 Å². The van der Waals surface area contributed by atoms with E-state index in [1.807, 2.05) is 6.07 Å². The van der Waals surface area contributed by atoms with Crippen LogP contribution in [0.4, 0.5) is 0 Å². The minimum Gasteiger partial charge on any atom is -0.320 e. The molecule has 19 heavy (non-hydrogen) atoms. The van der Waals surface area contributed by atoms with Gasteiger partial charge >= 0.3 is 0 Å². The molecule has 0 aliphatic rings. The average Bonchev–Trinajstić information content (AvgIpc) is 2.42. The Bertz CT molecular complexity index is 636. The standard InChI is InChI=1S/C13H15N3O2S/c1-11(9-15)19(17,18)16-10-13-5-2-4-12(8-13)6-3-7-14/h2,4-5,8,11,16H,7,10,14H2,1H3. The summed E-state index contributed by atoms with van der Waals surface area (Å²) >= 11 is 0. The van der Waals surface area contributed by atoms with E-state index in [1.54, 1.807) is 24.3 Å². The van der Waals surface area contributed by atoms with Crippen molar-refractivity contribution in [1.29, 1.82) is 5.26 Å². The predicted molar refractivity (Wildman–Crippen MR) is 73.2 cm³/mol. The van der Waals surface area contributed by atoms with Crippen LogP contribution in [0.15, 0.2) is 24.3 Å². The number of nitrogens with two attached hydrogens (primary N) is 1. The van der Waals surface area contributed by atoms with E-state index in [0.29, 0.717) is 0 Å². The van der Waals surface area contributed by atoms with Crippen molar-refractivity contribution in [2.24, 2.45) is 5.73 Å². The SMILES string of the molecule is CC(C#N)S(=O)(=O)NCc1cccc(C#CCN)c1. The number of nitriles is 1. The molecule has 0 heterocycles. The normalized spacial score (nSPS) is 12.1. The number of hydrogen-bond acceptors (Lipinski definition) is 4. The lowest BCUT2D eigenvalue weighted by Crippen LogP contribution is -2.31. The van der Waals surface area contributed by atoms with Crippen molar-refractivity contribution in [2.75, 3.05) is 6.54 Å². The third-order valence-corrected chi connectivity index (χ3v) is 3.97. The van der Waals surface area contributed by atoms with E-state index < -0.39 is 15.3 Å². The van der Waals surface area contributed by atoms with E-state index in [0.717, 1.165) is 11.1 Å². The summed E-state index contributed by atoms with van der Waals surface area (Å²) in [5, 5.41) is 7.53. The van der Waals surface area contributed by atoms with Gasteiger partial charge in [0.2, 0.25) is 10.0 Å². The number of benzene rings is 1. The van der Waals surface area contributed by atoms with Gasteiger partial charge in [-0.1, -0.05) is 24.0 Å². The summed E-state index contributed by atoms with van der Waals surface area (Å²) in [5.74, 6) is 5.60. The van der Waals surface area contributed by atoms with Gasteiger partial charge in [-0.3, -0.25) is 0 Å². The predicted octanol–water partition coefficient (Wildman–Crippen LogP) is 0.328. The molecular weight excluding hydrogens is 262 g/mol. The van der Waals surface area contributed by atoms with E-state index in [4.69, 9.17) is 11.0 Å². The molecule has 3 N–H and O–H groups in total. The molecule has 1 aromatic carbocycles. The second-order valence-electron chi connectivity index (χ2n) is 3.84. The van der Waals surface area contributed by atoms with Crippen molar-refractivity contribution in [3.8, 4) is 17.9 Å². The van der Waals surface area contributed by atoms with Gasteiger partial charge in [-0.05, 0) is 24.6 Å². The molecule has 0 aromatic heterocycles. The van der Waals surface area contributed by atoms with Crippen LogP contribution in [-0.4, -0.2) is 20.2 Å². The zero-order chi connectivity index (χ0) is 14.3. The minimum absolute atomic E-state index is 0.131. The molecule has 0 saturated heterocycles. The van der Waals surface area contributed by atoms with Crippen LogP contribution >= 0.6 is 0 Å². The molecule has 1 atom stereocenters. The third-order valence-electron chi connectivity index (χ3n) is 2.39. The maximum Gasteiger partial charge on any atom is 0.227 e. The van der Waals surface area contributed by atoms with Gasteiger partial charge < -0.3 is 5.73 Å². The van der Waals surface area contributed by atoms with Gasteiger partial charge in [-0.2, -0.15) is 5.26 Å². The molecule has 1 unspecified atom stereocenters. The lowest BCUT2D eigenvalue weighted by Gasteiger charge is -2.08. The maximum absolute atomic E-state index is 11.6. The van der Waals surface area contributed by atoms with Crippen LogP contribution < -0.4 is 10.5 Å². The van der Waals surface area contributed by atoms with Crippen LogP contribution in [0.3, 0.4) is 0 Å². The fraction of sp³-hybridized carbons (Fsp3) is 0.308. The largest absolute Gasteiger partial charge is 0.320 e. The lowest BCUT2D eigenvalue weighted by atomic mass is 10.1. The van der Waals surface area contributed by atoms with Gasteiger partial charge in [0.15, 0.2) is 5.25 Å². The molecule has 0 fully saturated rings. The first-order chi connectivity index (χ1) is 8.99. The Morgan fingerprint density at radius 2 is 2.21 bits per heavy atom. The smallest absolute Gasteiger partial charge is 0.227 e. The zero-order valence-electron chi connectivity index (χ0n) is 10.6. The highest BCUT2D eigenvalue weighted by Gasteiger charge is 2.19. The van der Waals surface area contributed by atoms with Crippen molar-refractivity contribution in [3.63, 3.8) is 0 Å². The topological polar surface area (TPSA) is 96.0 Å². The Balaban J connectivity index is 2.77. The molecule has 1 aromatic rings. The summed E-state index contributed by atoms with van der Waals surface area (Å²) in [6.45, 7) is 1.74. The fourth-order valence-electron chi connectivity index (χ4n) is 1.29. The van der Waals surface area contributed by atoms with E-state index >= 15 is 0 Å². The molecule has 0 saturated carbocycles. The number of sulfonamides is 1. The van der Waals surface area contributed by atoms with E-state index in [2.05, 4.69) is 16.6 Å². The van der Waals surface area contributed by atoms with Crippen LogP contribution in [0.2, 0.25) is 0 Å². The Hall–Kier alpha value is -1.86. The van der Waals surface area contributed by atoms with Gasteiger partial charge in [-0.25, -0.2) is 13.1 Å². The number of rotatable bonds is 4. The molecule has 0 radical (unpaired) electrons. The Morgan fingerprint density at radius 1 is 1.47 bits per heavy atom. The summed E-state index contributed by atoms with van der Waals surface area (Å²) in [6.07, 6.45) is 0. The average molecular weight is 277 g/mol. The number of hydrogen-bond donors (Lipinski definition) is 2. The van der Waals surface area contributed by atoms with Gasteiger partial charge in [0, 0.05) is 12.1 Å². The highest BCUT2D eigenvalue weighted by molar-refractivity contribution is 7.90. The molecule has 5 nitrogen and oxygen atoms in total. The molecule has 0 bridgehead atoms. The van der Waals surface area contributed by atoms with Gasteiger partial charge in [-0.15, -0.1) is 0 Å². The van der Waals surface area contributed by atoms with E-state index in [-0.39, 0.29) is 13.1 Å². The summed E-state index contributed by atoms with van der Waals surface area (Å²) < 4.78 is 25.6. The summed E-state index contributed by atoms with van der Waals surface area (Å²) in [7, 11) is -3.61. The zero-order valence-corrected chi connectivity index (χ0v) is 11.4. The highest BCUT2D eigenvalue weighted by atomic mass is 32.2. The first-order valence-electron chi connectivity index (χ1n) is 5.65. The highest BCUT2D eigenvalue weighted by Crippen LogP contribution is 2.05. The summed E-state index contributed by atoms with van der Waals surface area (Å²) in [5.41, 5.74) is 6.83. The molecule has 6 heteroatoms. The van der Waals surface area contributed by atoms with Crippen molar-refractivity contribution >= 4 is 10.0 Å². The van der Waals surface area contributed by atoms with Gasteiger partial charge in [0.1, 0.15) is 0 Å². The molecule has 0 aliphatic carbocycles. The Morgan fingerprint density at radius 3 is 2.84 bits per heavy atom. The molecule has 0 amide bonds. The Kier molecular flexibility index (Phi) is 5.53. The van der Waals surface area contributed by atoms with Crippen molar-refractivity contribution in [1.82, 2.24) is 4.72 Å². The molecule has 0 aliphatic heterocycles. The van der Waals surface area contributed by atoms with Crippen LogP contribution in [-0.2, 0) is 16.6 Å². The second kappa shape index (κ2) is 6.91. The van der Waals surface area contributed by atoms with Crippen LogP contribution in [0.25, 0.3) is 0 Å². The van der Waals surface area contributed by atoms with Crippen molar-refractivity contribution in [3.05, 3.63) is 35.4 Å². The second-order valence-corrected chi connectivity index (χ2v) is 5.93. The van der Waals surface area contributed by atoms with Crippen LogP contribution in [0, 0.1) is 23.2 Å². The van der Waals surface area contributed by atoms with E-state index in [9.17, 15) is 8.42 Å². The first kappa shape index (κ1) is 15.2. The molecule has 0 spiro atoms. The number of nitrogens with zero attached hydrogens (tertiary/aromatic N) is 1. The van der Waals surface area contributed by atoms with Crippen LogP contribution in [0.1, 0.15) is 18.1 Å². The first-order valence-corrected chi connectivity index (χ1v) is 7.20. The maximum atomic E-state index is 11.6. The monoisotopic (exact) mass is 277 g/mol. The Labute approximate surface area is 113 Å². The van der Waals surface area contributed by atoms with Crippen LogP contribution in [0.5, 0.6) is 0 Å². The summed E-state index contributed by atoms with van der Waals surface area (Å²) in [4.78, 5) is 0. The number of nitrogens with one attached hydrogen (secondary N) is 1. The van der Waals surface area contributed by atoms with Crippen molar-refractivity contribution in [2.45, 2.75) is 18.7 Å². The summed E-state index contributed by atoms with van der Waals surface area (Å²) in [6, 6.07) is 8.87. The van der Waals surface area contributed by atoms with Gasteiger partial charge in [0.05, 0.1) is 12.6 Å². The minimum atomic E-state index is -3.61. The molecule has 100 valence electrons. The van der Waals surface area contributed by atoms with Crippen molar-refractivity contribution < 1.29 is 8.42 Å². The lowest BCUT2D eigenvalue weighted by molar-refractivity contribution is 0.577. The fourth-order valence-corrected chi connectivity index (χ4v) is 2.05. The quantitative estimate of drug-likeness (QED) is 0.775.